The van der Waals surface area contributed by atoms with E-state index in [2.05, 4.69) is 0 Å². The third-order valence-corrected chi connectivity index (χ3v) is 5.62. The van der Waals surface area contributed by atoms with Gasteiger partial charge in [-0.05, 0) is 47.5 Å². The molecule has 0 radical (unpaired) electrons. The summed E-state index contributed by atoms with van der Waals surface area (Å²) in [6.45, 7) is 4.10. The van der Waals surface area contributed by atoms with Gasteiger partial charge in [-0.25, -0.2) is 4.57 Å². The van der Waals surface area contributed by atoms with Gasteiger partial charge in [0.05, 0.1) is 5.02 Å². The summed E-state index contributed by atoms with van der Waals surface area (Å²) >= 11 is 5.94. The van der Waals surface area contributed by atoms with Gasteiger partial charge in [-0.2, -0.15) is 0 Å². The summed E-state index contributed by atoms with van der Waals surface area (Å²) in [6, 6.07) is 20.2. The molecule has 146 valence electrons. The van der Waals surface area contributed by atoms with Crippen LogP contribution >= 0.6 is 19.4 Å². The molecule has 0 saturated heterocycles. The average Bonchev–Trinajstić information content (AvgIpc) is 2.64. The number of aromatic hydroxyl groups is 1. The number of benzene rings is 3. The van der Waals surface area contributed by atoms with Crippen LogP contribution in [-0.4, -0.2) is 10.00 Å². The first-order valence-corrected chi connectivity index (χ1v) is 10.4. The number of halogens is 1. The number of para-hydroxylation sites is 1. The highest BCUT2D eigenvalue weighted by Gasteiger charge is 2.27. The summed E-state index contributed by atoms with van der Waals surface area (Å²) in [5.74, 6) is 0.476. The predicted octanol–water partition coefficient (Wildman–Crippen LogP) is 5.93. The van der Waals surface area contributed by atoms with Crippen molar-refractivity contribution in [2.45, 2.75) is 19.3 Å². The van der Waals surface area contributed by atoms with E-state index in [4.69, 9.17) is 20.6 Å². The van der Waals surface area contributed by atoms with E-state index >= 15 is 0 Å². The van der Waals surface area contributed by atoms with Crippen LogP contribution < -0.4 is 9.05 Å². The molecule has 0 bridgehead atoms. The van der Waals surface area contributed by atoms with Crippen molar-refractivity contribution in [1.29, 1.82) is 0 Å². The molecule has 1 unspecified atom stereocenters. The van der Waals surface area contributed by atoms with Gasteiger partial charge in [0.2, 0.25) is 0 Å². The molecule has 5 nitrogen and oxygen atoms in total. The zero-order valence-corrected chi connectivity index (χ0v) is 17.0. The number of phosphoric acid groups is 1. The summed E-state index contributed by atoms with van der Waals surface area (Å²) < 4.78 is 22.5. The molecule has 0 aliphatic carbocycles. The van der Waals surface area contributed by atoms with E-state index in [0.29, 0.717) is 0 Å². The quantitative estimate of drug-likeness (QED) is 0.485. The lowest BCUT2D eigenvalue weighted by Gasteiger charge is -2.26. The van der Waals surface area contributed by atoms with Crippen molar-refractivity contribution in [2.24, 2.45) is 0 Å². The molecule has 2 N–H and O–H groups in total. The first-order chi connectivity index (χ1) is 13.2. The number of rotatable bonds is 6. The fraction of sp³-hybridized carbons (Fsp3) is 0.143. The molecule has 3 rings (SSSR count). The number of phosphoric ester groups is 1. The Kier molecular flexibility index (Phi) is 5.71. The van der Waals surface area contributed by atoms with Crippen LogP contribution in [-0.2, 0) is 9.98 Å². The fourth-order valence-corrected chi connectivity index (χ4v) is 3.83. The lowest BCUT2D eigenvalue weighted by atomic mass is 9.78. The minimum absolute atomic E-state index is 0.0695. The van der Waals surface area contributed by atoms with Crippen molar-refractivity contribution in [1.82, 2.24) is 0 Å². The normalized spacial score (nSPS) is 13.6. The zero-order valence-electron chi connectivity index (χ0n) is 15.4. The van der Waals surface area contributed by atoms with Gasteiger partial charge in [0, 0.05) is 5.41 Å². The molecule has 0 saturated carbocycles. The molecule has 3 aromatic carbocycles. The Hall–Kier alpha value is -2.46. The van der Waals surface area contributed by atoms with E-state index in [1.54, 1.807) is 42.5 Å². The summed E-state index contributed by atoms with van der Waals surface area (Å²) in [5.41, 5.74) is 1.67. The molecule has 7 heteroatoms. The molecule has 28 heavy (non-hydrogen) atoms. The Labute approximate surface area is 168 Å². The van der Waals surface area contributed by atoms with Crippen molar-refractivity contribution < 1.29 is 23.6 Å². The molecule has 1 atom stereocenters. The van der Waals surface area contributed by atoms with Crippen LogP contribution in [0.25, 0.3) is 0 Å². The van der Waals surface area contributed by atoms with Crippen LogP contribution in [0.1, 0.15) is 25.0 Å². The van der Waals surface area contributed by atoms with Crippen LogP contribution in [0.3, 0.4) is 0 Å². The Balaban J connectivity index is 1.76. The van der Waals surface area contributed by atoms with Crippen molar-refractivity contribution in [3.05, 3.63) is 88.9 Å². The maximum atomic E-state index is 12.3. The molecule has 0 aromatic heterocycles. The highest BCUT2D eigenvalue weighted by molar-refractivity contribution is 7.48. The van der Waals surface area contributed by atoms with Crippen molar-refractivity contribution in [2.75, 3.05) is 0 Å². The Morgan fingerprint density at radius 3 is 1.96 bits per heavy atom. The van der Waals surface area contributed by atoms with Gasteiger partial charge in [0.15, 0.2) is 5.75 Å². The van der Waals surface area contributed by atoms with Gasteiger partial charge in [0.25, 0.3) is 0 Å². The van der Waals surface area contributed by atoms with E-state index < -0.39 is 7.82 Å². The van der Waals surface area contributed by atoms with Gasteiger partial charge in [-0.3, -0.25) is 4.89 Å². The van der Waals surface area contributed by atoms with Crippen molar-refractivity contribution in [3.8, 4) is 17.2 Å². The van der Waals surface area contributed by atoms with Crippen LogP contribution in [0.2, 0.25) is 5.02 Å². The largest absolute Gasteiger partial charge is 0.584 e. The Morgan fingerprint density at radius 1 is 0.857 bits per heavy atom. The SMILES string of the molecule is CC(C)(c1ccc(O)cc1)c1ccc(OP(=O)(O)Oc2ccccc2Cl)cc1. The second-order valence-electron chi connectivity index (χ2n) is 6.78. The van der Waals surface area contributed by atoms with Gasteiger partial charge < -0.3 is 14.2 Å². The predicted molar refractivity (Wildman–Crippen MR) is 109 cm³/mol. The molecule has 0 aliphatic rings. The molecule has 0 heterocycles. The maximum absolute atomic E-state index is 12.3. The van der Waals surface area contributed by atoms with Gasteiger partial charge in [0.1, 0.15) is 11.5 Å². The number of phenolic OH excluding ortho intramolecular Hbond substituents is 1. The highest BCUT2D eigenvalue weighted by Crippen LogP contribution is 2.46. The minimum Gasteiger partial charge on any atom is -0.508 e. The number of phenols is 1. The van der Waals surface area contributed by atoms with Gasteiger partial charge >= 0.3 is 7.82 Å². The van der Waals surface area contributed by atoms with Crippen LogP contribution in [0.15, 0.2) is 72.8 Å². The molecule has 0 amide bonds. The standard InChI is InChI=1S/C21H20ClO5P/c1-21(2,15-7-11-17(23)12-8-15)16-9-13-18(14-10-16)26-28(24,25)27-20-6-4-3-5-19(20)22/h3-14,23H,1-2H3,(H,24,25). The van der Waals surface area contributed by atoms with E-state index in [0.717, 1.165) is 11.1 Å². The minimum atomic E-state index is -4.39. The maximum Gasteiger partial charge on any atom is 0.584 e. The van der Waals surface area contributed by atoms with E-state index in [1.165, 1.54) is 6.07 Å². The first-order valence-electron chi connectivity index (χ1n) is 8.54. The van der Waals surface area contributed by atoms with Crippen LogP contribution in [0.4, 0.5) is 0 Å². The zero-order chi connectivity index (χ0) is 20.4. The topological polar surface area (TPSA) is 76.0 Å². The van der Waals surface area contributed by atoms with Gasteiger partial charge in [-0.1, -0.05) is 61.8 Å². The Bertz CT molecular complexity index is 1000. The third-order valence-electron chi connectivity index (χ3n) is 4.44. The van der Waals surface area contributed by atoms with Crippen molar-refractivity contribution in [3.63, 3.8) is 0 Å². The average molecular weight is 419 g/mol. The van der Waals surface area contributed by atoms with Crippen LogP contribution in [0.5, 0.6) is 17.2 Å². The smallest absolute Gasteiger partial charge is 0.508 e. The Morgan fingerprint density at radius 2 is 1.39 bits per heavy atom. The highest BCUT2D eigenvalue weighted by atomic mass is 35.5. The molecule has 0 fully saturated rings. The third kappa shape index (κ3) is 4.68. The summed E-state index contributed by atoms with van der Waals surface area (Å²) in [7, 11) is -4.39. The number of hydrogen-bond acceptors (Lipinski definition) is 4. The van der Waals surface area contributed by atoms with Crippen molar-refractivity contribution >= 4 is 19.4 Å². The summed E-state index contributed by atoms with van der Waals surface area (Å²) in [5, 5.41) is 9.69. The van der Waals surface area contributed by atoms with Crippen LogP contribution in [0, 0.1) is 0 Å². The molecular formula is C21H20ClO5P. The summed E-state index contributed by atoms with van der Waals surface area (Å²) in [6.07, 6.45) is 0. The van der Waals surface area contributed by atoms with E-state index in [-0.39, 0.29) is 27.7 Å². The molecule has 0 spiro atoms. The molecule has 3 aromatic rings. The second kappa shape index (κ2) is 7.88. The fourth-order valence-electron chi connectivity index (χ4n) is 2.77. The lowest BCUT2D eigenvalue weighted by Crippen LogP contribution is -2.18. The summed E-state index contributed by atoms with van der Waals surface area (Å²) in [4.78, 5) is 10.0. The first kappa shape index (κ1) is 20.3. The van der Waals surface area contributed by atoms with E-state index in [1.807, 2.05) is 38.1 Å². The monoisotopic (exact) mass is 418 g/mol. The molecule has 0 aliphatic heterocycles. The van der Waals surface area contributed by atoms with Gasteiger partial charge in [-0.15, -0.1) is 0 Å². The van der Waals surface area contributed by atoms with E-state index in [9.17, 15) is 14.6 Å². The lowest BCUT2D eigenvalue weighted by molar-refractivity contribution is 0.291. The number of hydrogen-bond donors (Lipinski definition) is 2. The second-order valence-corrected chi connectivity index (χ2v) is 8.49. The molecular weight excluding hydrogens is 399 g/mol.